The molecule has 3 rings (SSSR count). The standard InChI is InChI=1S/C10H8FNO3/c11-6-3-1-2-5-8(6)14-4-7-9(5)15-10(13)12-7/h1-3,7,9H,4H2,(H,12,13). The van der Waals surface area contributed by atoms with Crippen LogP contribution in [0.4, 0.5) is 9.18 Å². The van der Waals surface area contributed by atoms with E-state index in [1.165, 1.54) is 6.07 Å². The minimum absolute atomic E-state index is 0.190. The van der Waals surface area contributed by atoms with Gasteiger partial charge in [-0.05, 0) is 6.07 Å². The summed E-state index contributed by atoms with van der Waals surface area (Å²) in [6.45, 7) is 0.240. The number of hydrogen-bond donors (Lipinski definition) is 1. The summed E-state index contributed by atoms with van der Waals surface area (Å²) in [7, 11) is 0. The van der Waals surface area contributed by atoms with Crippen LogP contribution in [0, 0.1) is 5.82 Å². The molecular weight excluding hydrogens is 201 g/mol. The molecule has 15 heavy (non-hydrogen) atoms. The third kappa shape index (κ3) is 1.16. The van der Waals surface area contributed by atoms with Gasteiger partial charge in [-0.3, -0.25) is 0 Å². The number of hydrogen-bond acceptors (Lipinski definition) is 3. The number of rotatable bonds is 0. The lowest BCUT2D eigenvalue weighted by Gasteiger charge is -2.25. The predicted octanol–water partition coefficient (Wildman–Crippen LogP) is 1.37. The van der Waals surface area contributed by atoms with E-state index in [0.29, 0.717) is 5.56 Å². The highest BCUT2D eigenvalue weighted by atomic mass is 19.1. The number of para-hydroxylation sites is 1. The average Bonchev–Trinajstić information content (AvgIpc) is 2.59. The molecule has 1 fully saturated rings. The lowest BCUT2D eigenvalue weighted by Crippen LogP contribution is -2.36. The molecular formula is C10H8FNO3. The molecule has 0 aromatic heterocycles. The predicted molar refractivity (Wildman–Crippen MR) is 48.0 cm³/mol. The van der Waals surface area contributed by atoms with E-state index in [9.17, 15) is 9.18 Å². The quantitative estimate of drug-likeness (QED) is 0.701. The fraction of sp³-hybridized carbons (Fsp3) is 0.300. The molecule has 0 aliphatic carbocycles. The van der Waals surface area contributed by atoms with E-state index in [1.807, 2.05) is 0 Å². The Morgan fingerprint density at radius 1 is 1.47 bits per heavy atom. The molecule has 0 bridgehead atoms. The molecule has 78 valence electrons. The van der Waals surface area contributed by atoms with E-state index in [0.717, 1.165) is 0 Å². The summed E-state index contributed by atoms with van der Waals surface area (Å²) in [5, 5.41) is 2.61. The van der Waals surface area contributed by atoms with Gasteiger partial charge in [0.05, 0.1) is 0 Å². The monoisotopic (exact) mass is 209 g/mol. The van der Waals surface area contributed by atoms with Gasteiger partial charge in [0.2, 0.25) is 0 Å². The Morgan fingerprint density at radius 2 is 2.33 bits per heavy atom. The van der Waals surface area contributed by atoms with Crippen LogP contribution in [0.5, 0.6) is 5.75 Å². The molecule has 2 aliphatic heterocycles. The number of fused-ring (bicyclic) bond motifs is 3. The van der Waals surface area contributed by atoms with E-state index in [4.69, 9.17) is 9.47 Å². The van der Waals surface area contributed by atoms with Crippen LogP contribution in [0.25, 0.3) is 0 Å². The maximum atomic E-state index is 13.3. The van der Waals surface area contributed by atoms with E-state index < -0.39 is 18.0 Å². The minimum atomic E-state index is -0.481. The van der Waals surface area contributed by atoms with E-state index in [-0.39, 0.29) is 18.4 Å². The average molecular weight is 209 g/mol. The maximum absolute atomic E-state index is 13.3. The largest absolute Gasteiger partial charge is 0.488 e. The normalized spacial score (nSPS) is 27.1. The zero-order valence-electron chi connectivity index (χ0n) is 7.70. The van der Waals surface area contributed by atoms with Crippen molar-refractivity contribution in [3.63, 3.8) is 0 Å². The van der Waals surface area contributed by atoms with E-state index in [2.05, 4.69) is 5.32 Å². The van der Waals surface area contributed by atoms with Crippen molar-refractivity contribution in [1.82, 2.24) is 5.32 Å². The van der Waals surface area contributed by atoms with Gasteiger partial charge in [-0.1, -0.05) is 12.1 Å². The Morgan fingerprint density at radius 3 is 3.20 bits per heavy atom. The Hall–Kier alpha value is -1.78. The smallest absolute Gasteiger partial charge is 0.408 e. The summed E-state index contributed by atoms with van der Waals surface area (Å²) in [4.78, 5) is 11.0. The Kier molecular flexibility index (Phi) is 1.62. The van der Waals surface area contributed by atoms with Crippen molar-refractivity contribution in [1.29, 1.82) is 0 Å². The number of ether oxygens (including phenoxy) is 2. The Labute approximate surface area is 85.0 Å². The van der Waals surface area contributed by atoms with Gasteiger partial charge < -0.3 is 14.8 Å². The SMILES string of the molecule is O=C1NC2COc3c(F)cccc3C2O1. The molecule has 1 N–H and O–H groups in total. The zero-order valence-corrected chi connectivity index (χ0v) is 7.70. The van der Waals surface area contributed by atoms with Crippen molar-refractivity contribution in [2.24, 2.45) is 0 Å². The van der Waals surface area contributed by atoms with Crippen molar-refractivity contribution in [2.45, 2.75) is 12.1 Å². The number of halogens is 1. The minimum Gasteiger partial charge on any atom is -0.488 e. The van der Waals surface area contributed by atoms with Gasteiger partial charge in [0.1, 0.15) is 12.6 Å². The molecule has 2 heterocycles. The fourth-order valence-corrected chi connectivity index (χ4v) is 1.94. The Balaban J connectivity index is 2.08. The van der Waals surface area contributed by atoms with Crippen molar-refractivity contribution in [2.75, 3.05) is 6.61 Å². The summed E-state index contributed by atoms with van der Waals surface area (Å²) in [6.07, 6.45) is -0.914. The van der Waals surface area contributed by atoms with Crippen molar-refractivity contribution >= 4 is 6.09 Å². The summed E-state index contributed by atoms with van der Waals surface area (Å²) in [5.41, 5.74) is 0.588. The van der Waals surface area contributed by atoms with Crippen LogP contribution in [-0.2, 0) is 4.74 Å². The number of alkyl carbamates (subject to hydrolysis) is 1. The summed E-state index contributed by atoms with van der Waals surface area (Å²) < 4.78 is 23.6. The first-order valence-corrected chi connectivity index (χ1v) is 4.64. The molecule has 0 spiro atoms. The Bertz CT molecular complexity index is 435. The molecule has 2 atom stereocenters. The highest BCUT2D eigenvalue weighted by Gasteiger charge is 2.41. The van der Waals surface area contributed by atoms with Gasteiger partial charge >= 0.3 is 6.09 Å². The van der Waals surface area contributed by atoms with Gasteiger partial charge in [-0.15, -0.1) is 0 Å². The molecule has 0 radical (unpaired) electrons. The summed E-state index contributed by atoms with van der Waals surface area (Å²) in [5.74, 6) is -0.232. The van der Waals surface area contributed by atoms with Crippen LogP contribution in [0.3, 0.4) is 0 Å². The molecule has 0 saturated carbocycles. The van der Waals surface area contributed by atoms with Crippen LogP contribution < -0.4 is 10.1 Å². The van der Waals surface area contributed by atoms with Crippen molar-refractivity contribution in [3.8, 4) is 5.75 Å². The topological polar surface area (TPSA) is 47.6 Å². The molecule has 1 aromatic rings. The molecule has 1 aromatic carbocycles. The fourth-order valence-electron chi connectivity index (χ4n) is 1.94. The molecule has 4 nitrogen and oxygen atoms in total. The maximum Gasteiger partial charge on any atom is 0.408 e. The van der Waals surface area contributed by atoms with Gasteiger partial charge in [-0.25, -0.2) is 9.18 Å². The van der Waals surface area contributed by atoms with Gasteiger partial charge in [0.15, 0.2) is 17.7 Å². The lowest BCUT2D eigenvalue weighted by atomic mass is 10.00. The van der Waals surface area contributed by atoms with Crippen molar-refractivity contribution < 1.29 is 18.7 Å². The highest BCUT2D eigenvalue weighted by Crippen LogP contribution is 2.38. The second-order valence-electron chi connectivity index (χ2n) is 3.55. The second-order valence-corrected chi connectivity index (χ2v) is 3.55. The van der Waals surface area contributed by atoms with Gasteiger partial charge in [0.25, 0.3) is 0 Å². The van der Waals surface area contributed by atoms with Crippen LogP contribution in [0.15, 0.2) is 18.2 Å². The first-order chi connectivity index (χ1) is 7.25. The third-order valence-corrected chi connectivity index (χ3v) is 2.61. The number of carbonyl (C=O) groups excluding carboxylic acids is 1. The molecule has 2 unspecified atom stereocenters. The van der Waals surface area contributed by atoms with Crippen LogP contribution in [0.1, 0.15) is 11.7 Å². The van der Waals surface area contributed by atoms with E-state index in [1.54, 1.807) is 12.1 Å². The molecule has 2 aliphatic rings. The lowest BCUT2D eigenvalue weighted by molar-refractivity contribution is 0.104. The van der Waals surface area contributed by atoms with Gasteiger partial charge in [-0.2, -0.15) is 0 Å². The van der Waals surface area contributed by atoms with Crippen LogP contribution >= 0.6 is 0 Å². The number of amides is 1. The first kappa shape index (κ1) is 8.52. The van der Waals surface area contributed by atoms with Gasteiger partial charge in [0, 0.05) is 5.56 Å². The van der Waals surface area contributed by atoms with Crippen molar-refractivity contribution in [3.05, 3.63) is 29.6 Å². The number of benzene rings is 1. The van der Waals surface area contributed by atoms with Crippen LogP contribution in [0.2, 0.25) is 0 Å². The van der Waals surface area contributed by atoms with E-state index >= 15 is 0 Å². The molecule has 1 saturated heterocycles. The summed E-state index contributed by atoms with van der Waals surface area (Å²) in [6, 6.07) is 4.39. The third-order valence-electron chi connectivity index (χ3n) is 2.61. The first-order valence-electron chi connectivity index (χ1n) is 4.64. The highest BCUT2D eigenvalue weighted by molar-refractivity contribution is 5.71. The second kappa shape index (κ2) is 2.85. The number of carbonyl (C=O) groups is 1. The molecule has 5 heteroatoms. The number of nitrogens with one attached hydrogen (secondary N) is 1. The summed E-state index contributed by atoms with van der Waals surface area (Å²) >= 11 is 0. The van der Waals surface area contributed by atoms with Crippen LogP contribution in [-0.4, -0.2) is 18.7 Å². The zero-order chi connectivity index (χ0) is 10.4. The molecule has 1 amide bonds.